The van der Waals surface area contributed by atoms with E-state index in [9.17, 15) is 14.0 Å². The lowest BCUT2D eigenvalue weighted by Crippen LogP contribution is -2.56. The number of carbonyl (C=O) groups is 2. The molecule has 0 radical (unpaired) electrons. The summed E-state index contributed by atoms with van der Waals surface area (Å²) >= 11 is 0. The maximum absolute atomic E-state index is 13.5. The third-order valence-electron chi connectivity index (χ3n) is 4.71. The number of nitrogens with zero attached hydrogens (tertiary/aromatic N) is 3. The van der Waals surface area contributed by atoms with Crippen LogP contribution in [0.4, 0.5) is 4.39 Å². The summed E-state index contributed by atoms with van der Waals surface area (Å²) in [6.07, 6.45) is 0. The van der Waals surface area contributed by atoms with Gasteiger partial charge in [-0.3, -0.25) is 9.59 Å². The predicted molar refractivity (Wildman–Crippen MR) is 104 cm³/mol. The molecule has 4 rings (SSSR count). The monoisotopic (exact) mass is 410 g/mol. The standard InChI is InChI=1S/C21H19FN4O4/c22-16-8-4-5-9-17(16)29-13-19(27)26-11-15(12-26)21(28)23-10-18-24-20(25-30-18)14-6-2-1-3-7-14/h1-9,15H,10-13H2,(H,23,28). The number of amides is 2. The lowest BCUT2D eigenvalue weighted by atomic mass is 9.99. The SMILES string of the molecule is O=C(NCc1nc(-c2ccccc2)no1)C1CN(C(=O)COc2ccccc2F)C1. The number of ether oxygens (including phenoxy) is 1. The average molecular weight is 410 g/mol. The van der Waals surface area contributed by atoms with Crippen LogP contribution < -0.4 is 10.1 Å². The molecular weight excluding hydrogens is 391 g/mol. The Morgan fingerprint density at radius 3 is 2.63 bits per heavy atom. The van der Waals surface area contributed by atoms with Crippen molar-refractivity contribution in [3.63, 3.8) is 0 Å². The molecule has 1 saturated heterocycles. The van der Waals surface area contributed by atoms with Crippen molar-refractivity contribution in [1.82, 2.24) is 20.4 Å². The first-order valence-electron chi connectivity index (χ1n) is 9.41. The summed E-state index contributed by atoms with van der Waals surface area (Å²) in [6.45, 7) is 0.397. The van der Waals surface area contributed by atoms with Gasteiger partial charge in [-0.2, -0.15) is 4.98 Å². The molecule has 0 spiro atoms. The Labute approximate surface area is 171 Å². The quantitative estimate of drug-likeness (QED) is 0.640. The topological polar surface area (TPSA) is 97.6 Å². The van der Waals surface area contributed by atoms with E-state index in [2.05, 4.69) is 15.5 Å². The lowest BCUT2D eigenvalue weighted by Gasteiger charge is -2.38. The van der Waals surface area contributed by atoms with Crippen LogP contribution in [0.5, 0.6) is 5.75 Å². The molecule has 1 fully saturated rings. The Kier molecular flexibility index (Phi) is 5.69. The van der Waals surface area contributed by atoms with Gasteiger partial charge < -0.3 is 19.5 Å². The highest BCUT2D eigenvalue weighted by molar-refractivity contribution is 5.85. The van der Waals surface area contributed by atoms with Gasteiger partial charge in [0.1, 0.15) is 0 Å². The van der Waals surface area contributed by atoms with Gasteiger partial charge in [-0.1, -0.05) is 47.6 Å². The number of carbonyl (C=O) groups excluding carboxylic acids is 2. The number of nitrogens with one attached hydrogen (secondary N) is 1. The van der Waals surface area contributed by atoms with Crippen LogP contribution >= 0.6 is 0 Å². The highest BCUT2D eigenvalue weighted by atomic mass is 19.1. The van der Waals surface area contributed by atoms with E-state index in [1.54, 1.807) is 12.1 Å². The van der Waals surface area contributed by atoms with Crippen LogP contribution in [0.15, 0.2) is 59.1 Å². The zero-order valence-corrected chi connectivity index (χ0v) is 16.0. The van der Waals surface area contributed by atoms with Gasteiger partial charge in [0.2, 0.25) is 17.6 Å². The maximum Gasteiger partial charge on any atom is 0.260 e. The summed E-state index contributed by atoms with van der Waals surface area (Å²) in [5, 5.41) is 6.64. The molecule has 0 unspecified atom stereocenters. The fourth-order valence-corrected chi connectivity index (χ4v) is 2.98. The van der Waals surface area contributed by atoms with E-state index in [4.69, 9.17) is 9.26 Å². The average Bonchev–Trinajstić information content (AvgIpc) is 3.20. The van der Waals surface area contributed by atoms with Crippen LogP contribution in [0.3, 0.4) is 0 Å². The zero-order chi connectivity index (χ0) is 20.9. The van der Waals surface area contributed by atoms with Crippen molar-refractivity contribution in [3.8, 4) is 17.1 Å². The Morgan fingerprint density at radius 1 is 1.13 bits per heavy atom. The summed E-state index contributed by atoms with van der Waals surface area (Å²) < 4.78 is 23.9. The molecule has 9 heteroatoms. The van der Waals surface area contributed by atoms with E-state index in [-0.39, 0.29) is 49.7 Å². The second-order valence-corrected chi connectivity index (χ2v) is 6.81. The zero-order valence-electron chi connectivity index (χ0n) is 16.0. The molecule has 2 heterocycles. The van der Waals surface area contributed by atoms with Gasteiger partial charge in [0, 0.05) is 18.7 Å². The third kappa shape index (κ3) is 4.45. The molecule has 1 N–H and O–H groups in total. The second-order valence-electron chi connectivity index (χ2n) is 6.81. The normalized spacial score (nSPS) is 13.6. The van der Waals surface area contributed by atoms with E-state index in [1.807, 2.05) is 30.3 Å². The lowest BCUT2D eigenvalue weighted by molar-refractivity contribution is -0.144. The van der Waals surface area contributed by atoms with Crippen LogP contribution in [0, 0.1) is 11.7 Å². The number of likely N-dealkylation sites (tertiary alicyclic amines) is 1. The minimum absolute atomic E-state index is 0.0232. The number of halogens is 1. The summed E-state index contributed by atoms with van der Waals surface area (Å²) in [4.78, 5) is 30.1. The smallest absolute Gasteiger partial charge is 0.260 e. The van der Waals surface area contributed by atoms with E-state index in [0.29, 0.717) is 11.7 Å². The fourth-order valence-electron chi connectivity index (χ4n) is 2.98. The van der Waals surface area contributed by atoms with E-state index < -0.39 is 5.82 Å². The molecule has 0 saturated carbocycles. The molecule has 8 nitrogen and oxygen atoms in total. The molecule has 0 bridgehead atoms. The van der Waals surface area contributed by atoms with Crippen molar-refractivity contribution in [2.75, 3.05) is 19.7 Å². The third-order valence-corrected chi connectivity index (χ3v) is 4.71. The Morgan fingerprint density at radius 2 is 1.87 bits per heavy atom. The van der Waals surface area contributed by atoms with Crippen LogP contribution in [0.25, 0.3) is 11.4 Å². The molecule has 30 heavy (non-hydrogen) atoms. The van der Waals surface area contributed by atoms with Crippen molar-refractivity contribution in [2.24, 2.45) is 5.92 Å². The second kappa shape index (κ2) is 8.73. The number of para-hydroxylation sites is 1. The van der Waals surface area contributed by atoms with Crippen molar-refractivity contribution in [1.29, 1.82) is 0 Å². The van der Waals surface area contributed by atoms with Crippen molar-refractivity contribution in [2.45, 2.75) is 6.54 Å². The van der Waals surface area contributed by atoms with Crippen LogP contribution in [-0.2, 0) is 16.1 Å². The van der Waals surface area contributed by atoms with Gasteiger partial charge >= 0.3 is 0 Å². The number of rotatable bonds is 7. The first-order chi connectivity index (χ1) is 14.6. The molecule has 0 atom stereocenters. The minimum Gasteiger partial charge on any atom is -0.481 e. The highest BCUT2D eigenvalue weighted by Gasteiger charge is 2.35. The Hall–Kier alpha value is -3.75. The molecule has 1 aliphatic heterocycles. The Balaban J connectivity index is 1.20. The van der Waals surface area contributed by atoms with Gasteiger partial charge in [-0.05, 0) is 12.1 Å². The summed E-state index contributed by atoms with van der Waals surface area (Å²) in [5.74, 6) is -0.570. The first-order valence-corrected chi connectivity index (χ1v) is 9.41. The number of hydrogen-bond acceptors (Lipinski definition) is 6. The minimum atomic E-state index is -0.525. The molecule has 3 aromatic rings. The molecule has 2 amide bonds. The maximum atomic E-state index is 13.5. The van der Waals surface area contributed by atoms with Gasteiger partial charge in [-0.15, -0.1) is 0 Å². The summed E-state index contributed by atoms with van der Waals surface area (Å²) in [5.41, 5.74) is 0.824. The predicted octanol–water partition coefficient (Wildman–Crippen LogP) is 2.03. The molecular formula is C21H19FN4O4. The van der Waals surface area contributed by atoms with Crippen molar-refractivity contribution >= 4 is 11.8 Å². The molecule has 1 aromatic heterocycles. The molecule has 2 aromatic carbocycles. The largest absolute Gasteiger partial charge is 0.481 e. The van der Waals surface area contributed by atoms with E-state index in [0.717, 1.165) is 5.56 Å². The molecule has 0 aliphatic carbocycles. The van der Waals surface area contributed by atoms with Gasteiger partial charge in [0.05, 0.1) is 12.5 Å². The van der Waals surface area contributed by atoms with E-state index in [1.165, 1.54) is 17.0 Å². The highest BCUT2D eigenvalue weighted by Crippen LogP contribution is 2.19. The van der Waals surface area contributed by atoms with Crippen LogP contribution in [-0.4, -0.2) is 46.6 Å². The van der Waals surface area contributed by atoms with Crippen LogP contribution in [0.1, 0.15) is 5.89 Å². The van der Waals surface area contributed by atoms with Crippen molar-refractivity contribution < 1.29 is 23.2 Å². The van der Waals surface area contributed by atoms with Crippen molar-refractivity contribution in [3.05, 3.63) is 66.3 Å². The molecule has 1 aliphatic rings. The summed E-state index contributed by atoms with van der Waals surface area (Å²) in [7, 11) is 0. The molecule has 154 valence electrons. The Bertz CT molecular complexity index is 1030. The van der Waals surface area contributed by atoms with Gasteiger partial charge in [-0.25, -0.2) is 4.39 Å². The summed E-state index contributed by atoms with van der Waals surface area (Å²) in [6, 6.07) is 15.2. The number of aromatic nitrogens is 2. The first kappa shape index (κ1) is 19.6. The van der Waals surface area contributed by atoms with Crippen LogP contribution in [0.2, 0.25) is 0 Å². The van der Waals surface area contributed by atoms with Gasteiger partial charge in [0.25, 0.3) is 5.91 Å². The number of hydrogen-bond donors (Lipinski definition) is 1. The van der Waals surface area contributed by atoms with E-state index >= 15 is 0 Å². The fraction of sp³-hybridized carbons (Fsp3) is 0.238. The van der Waals surface area contributed by atoms with Gasteiger partial charge in [0.15, 0.2) is 18.2 Å². The number of benzene rings is 2.